The molecule has 0 atom stereocenters. The fourth-order valence-electron chi connectivity index (χ4n) is 2.66. The Morgan fingerprint density at radius 1 is 1.30 bits per heavy atom. The van der Waals surface area contributed by atoms with Gasteiger partial charge in [0.25, 0.3) is 0 Å². The number of carbonyl (C=O) groups is 1. The molecule has 1 aromatic carbocycles. The van der Waals surface area contributed by atoms with E-state index in [1.54, 1.807) is 24.3 Å². The highest BCUT2D eigenvalue weighted by Gasteiger charge is 2.24. The first-order chi connectivity index (χ1) is 11.3. The maximum atomic E-state index is 12.7. The molecule has 0 unspecified atom stereocenters. The lowest BCUT2D eigenvalue weighted by atomic mass is 10.0. The lowest BCUT2D eigenvalue weighted by Crippen LogP contribution is -2.36. The molecule has 23 heavy (non-hydrogen) atoms. The topological polar surface area (TPSA) is 53.3 Å². The Balaban J connectivity index is 2.09. The summed E-state index contributed by atoms with van der Waals surface area (Å²) < 4.78 is 18.0. The fraction of sp³-hybridized carbons (Fsp3) is 0.294. The molecule has 0 radical (unpaired) electrons. The number of benzene rings is 1. The van der Waals surface area contributed by atoms with Crippen LogP contribution in [0, 0.1) is 11.3 Å². The van der Waals surface area contributed by atoms with Gasteiger partial charge in [-0.1, -0.05) is 24.3 Å². The van der Waals surface area contributed by atoms with Gasteiger partial charge in [-0.3, -0.25) is 4.79 Å². The summed E-state index contributed by atoms with van der Waals surface area (Å²) in [5.74, 6) is 0. The minimum Gasteiger partial charge on any atom is -0.378 e. The zero-order valence-corrected chi connectivity index (χ0v) is 13.2. The van der Waals surface area contributed by atoms with Gasteiger partial charge in [-0.25, -0.2) is 4.39 Å². The maximum absolute atomic E-state index is 12.7. The van der Waals surface area contributed by atoms with Crippen molar-refractivity contribution in [3.63, 3.8) is 0 Å². The van der Waals surface area contributed by atoms with Gasteiger partial charge in [0, 0.05) is 18.7 Å². The first-order valence-electron chi connectivity index (χ1n) is 7.28. The van der Waals surface area contributed by atoms with Gasteiger partial charge < -0.3 is 9.64 Å². The zero-order valence-electron chi connectivity index (χ0n) is 12.4. The van der Waals surface area contributed by atoms with Crippen molar-refractivity contribution >= 4 is 22.6 Å². The van der Waals surface area contributed by atoms with Gasteiger partial charge in [0.15, 0.2) is 6.29 Å². The van der Waals surface area contributed by atoms with Gasteiger partial charge >= 0.3 is 0 Å². The van der Waals surface area contributed by atoms with Crippen LogP contribution in [0.25, 0.3) is 11.1 Å². The van der Waals surface area contributed by atoms with Crippen LogP contribution in [-0.2, 0) is 11.4 Å². The summed E-state index contributed by atoms with van der Waals surface area (Å²) in [4.78, 5) is 14.1. The van der Waals surface area contributed by atoms with Crippen molar-refractivity contribution in [3.05, 3.63) is 40.3 Å². The molecular weight excluding hydrogens is 315 g/mol. The Morgan fingerprint density at radius 2 is 2.00 bits per heavy atom. The van der Waals surface area contributed by atoms with E-state index in [9.17, 15) is 14.4 Å². The van der Waals surface area contributed by atoms with Crippen molar-refractivity contribution in [3.8, 4) is 17.2 Å². The molecule has 1 fully saturated rings. The first kappa shape index (κ1) is 15.7. The van der Waals surface area contributed by atoms with Crippen LogP contribution >= 0.6 is 11.3 Å². The molecule has 6 heteroatoms. The van der Waals surface area contributed by atoms with Crippen molar-refractivity contribution in [2.24, 2.45) is 0 Å². The van der Waals surface area contributed by atoms with Crippen molar-refractivity contribution in [1.29, 1.82) is 5.26 Å². The smallest absolute Gasteiger partial charge is 0.160 e. The molecule has 0 amide bonds. The molecule has 3 rings (SSSR count). The quantitative estimate of drug-likeness (QED) is 0.806. The van der Waals surface area contributed by atoms with Crippen molar-refractivity contribution in [2.75, 3.05) is 31.2 Å². The number of morpholine rings is 1. The second-order valence-electron chi connectivity index (χ2n) is 5.18. The Morgan fingerprint density at radius 3 is 2.57 bits per heavy atom. The maximum Gasteiger partial charge on any atom is 0.160 e. The van der Waals surface area contributed by atoms with Gasteiger partial charge in [0.1, 0.15) is 17.7 Å². The Bertz CT molecular complexity index is 743. The largest absolute Gasteiger partial charge is 0.378 e. The highest BCUT2D eigenvalue weighted by molar-refractivity contribution is 7.18. The van der Waals surface area contributed by atoms with Crippen LogP contribution < -0.4 is 4.90 Å². The average Bonchev–Trinajstić information content (AvgIpc) is 3.01. The number of hydrogen-bond donors (Lipinski definition) is 0. The van der Waals surface area contributed by atoms with E-state index in [1.807, 2.05) is 0 Å². The predicted molar refractivity (Wildman–Crippen MR) is 87.7 cm³/mol. The number of alkyl halides is 1. The van der Waals surface area contributed by atoms with Crippen LogP contribution in [0.2, 0.25) is 0 Å². The minimum atomic E-state index is -0.533. The molecule has 2 aromatic rings. The van der Waals surface area contributed by atoms with E-state index < -0.39 is 6.67 Å². The van der Waals surface area contributed by atoms with Crippen LogP contribution in [-0.4, -0.2) is 32.6 Å². The molecule has 2 heterocycles. The lowest BCUT2D eigenvalue weighted by Gasteiger charge is -2.27. The number of thiophene rings is 1. The SMILES string of the molecule is N#Cc1c(N2CCOCC2)sc(C=O)c1-c1ccc(CF)cc1. The monoisotopic (exact) mass is 330 g/mol. The summed E-state index contributed by atoms with van der Waals surface area (Å²) in [7, 11) is 0. The van der Waals surface area contributed by atoms with E-state index in [0.29, 0.717) is 47.9 Å². The van der Waals surface area contributed by atoms with Gasteiger partial charge in [0.05, 0.1) is 23.7 Å². The van der Waals surface area contributed by atoms with E-state index in [0.717, 1.165) is 16.9 Å². The molecule has 0 bridgehead atoms. The molecule has 4 nitrogen and oxygen atoms in total. The lowest BCUT2D eigenvalue weighted by molar-refractivity contribution is 0.112. The van der Waals surface area contributed by atoms with Crippen molar-refractivity contribution < 1.29 is 13.9 Å². The standard InChI is InChI=1S/C17H15FN2O2S/c18-9-12-1-3-13(4-2-12)16-14(10-19)17(23-15(16)11-21)20-5-7-22-8-6-20/h1-4,11H,5-9H2. The molecule has 1 saturated heterocycles. The number of halogens is 1. The Kier molecular flexibility index (Phi) is 4.70. The molecular formula is C17H15FN2O2S. The average molecular weight is 330 g/mol. The van der Waals surface area contributed by atoms with Crippen LogP contribution in [0.3, 0.4) is 0 Å². The third-order valence-electron chi connectivity index (χ3n) is 3.83. The summed E-state index contributed by atoms with van der Waals surface area (Å²) >= 11 is 1.33. The van der Waals surface area contributed by atoms with E-state index in [2.05, 4.69) is 11.0 Å². The molecule has 1 aliphatic rings. The Labute approximate surface area is 137 Å². The minimum absolute atomic E-state index is 0.506. The number of rotatable bonds is 4. The van der Waals surface area contributed by atoms with Crippen molar-refractivity contribution in [2.45, 2.75) is 6.67 Å². The number of carbonyl (C=O) groups excluding carboxylic acids is 1. The van der Waals surface area contributed by atoms with Crippen LogP contribution in [0.1, 0.15) is 20.8 Å². The number of ether oxygens (including phenoxy) is 1. The van der Waals surface area contributed by atoms with E-state index in [1.165, 1.54) is 11.3 Å². The van der Waals surface area contributed by atoms with E-state index >= 15 is 0 Å². The molecule has 118 valence electrons. The summed E-state index contributed by atoms with van der Waals surface area (Å²) in [6, 6.07) is 9.11. The normalized spacial score (nSPS) is 14.5. The van der Waals surface area contributed by atoms with E-state index in [-0.39, 0.29) is 0 Å². The predicted octanol–water partition coefficient (Wildman–Crippen LogP) is 3.41. The van der Waals surface area contributed by atoms with Gasteiger partial charge in [-0.15, -0.1) is 11.3 Å². The summed E-state index contributed by atoms with van der Waals surface area (Å²) in [5, 5.41) is 10.4. The number of anilines is 1. The summed E-state index contributed by atoms with van der Waals surface area (Å²) in [5.41, 5.74) is 2.48. The molecule has 1 aliphatic heterocycles. The first-order valence-corrected chi connectivity index (χ1v) is 8.10. The van der Waals surface area contributed by atoms with Gasteiger partial charge in [-0.05, 0) is 11.1 Å². The highest BCUT2D eigenvalue weighted by Crippen LogP contribution is 2.41. The van der Waals surface area contributed by atoms with Crippen LogP contribution in [0.4, 0.5) is 9.39 Å². The molecule has 0 N–H and O–H groups in total. The number of nitrogens with zero attached hydrogens (tertiary/aromatic N) is 2. The number of hydrogen-bond acceptors (Lipinski definition) is 5. The summed E-state index contributed by atoms with van der Waals surface area (Å²) in [6.45, 7) is 2.09. The molecule has 0 aliphatic carbocycles. The number of nitriles is 1. The van der Waals surface area contributed by atoms with Gasteiger partial charge in [0.2, 0.25) is 0 Å². The molecule has 1 aromatic heterocycles. The number of aldehydes is 1. The molecule has 0 saturated carbocycles. The zero-order chi connectivity index (χ0) is 16.2. The summed E-state index contributed by atoms with van der Waals surface area (Å²) in [6.07, 6.45) is 0.786. The van der Waals surface area contributed by atoms with E-state index in [4.69, 9.17) is 4.74 Å². The van der Waals surface area contributed by atoms with Crippen LogP contribution in [0.5, 0.6) is 0 Å². The molecule has 0 spiro atoms. The van der Waals surface area contributed by atoms with Gasteiger partial charge in [-0.2, -0.15) is 5.26 Å². The highest BCUT2D eigenvalue weighted by atomic mass is 32.1. The fourth-order valence-corrected chi connectivity index (χ4v) is 3.80. The third-order valence-corrected chi connectivity index (χ3v) is 5.01. The third kappa shape index (κ3) is 2.98. The Hall–Kier alpha value is -2.23. The second-order valence-corrected chi connectivity index (χ2v) is 6.21. The van der Waals surface area contributed by atoms with Crippen LogP contribution in [0.15, 0.2) is 24.3 Å². The van der Waals surface area contributed by atoms with Crippen molar-refractivity contribution in [1.82, 2.24) is 0 Å². The second kappa shape index (κ2) is 6.90.